The second-order valence-corrected chi connectivity index (χ2v) is 8.46. The number of benzene rings is 2. The number of nitrogens with one attached hydrogen (secondary N) is 1. The minimum atomic E-state index is -0.393. The van der Waals surface area contributed by atoms with Crippen molar-refractivity contribution in [1.29, 1.82) is 0 Å². The Labute approximate surface area is 193 Å². The molecule has 2 aromatic carbocycles. The van der Waals surface area contributed by atoms with Crippen LogP contribution in [0.15, 0.2) is 48.7 Å². The summed E-state index contributed by atoms with van der Waals surface area (Å²) >= 11 is 0. The lowest BCUT2D eigenvalue weighted by Gasteiger charge is -2.23. The molecule has 3 aromatic rings. The summed E-state index contributed by atoms with van der Waals surface area (Å²) in [5.74, 6) is 1.29. The lowest BCUT2D eigenvalue weighted by Crippen LogP contribution is -2.22. The number of aromatic nitrogens is 2. The summed E-state index contributed by atoms with van der Waals surface area (Å²) in [4.78, 5) is 34.2. The van der Waals surface area contributed by atoms with Gasteiger partial charge < -0.3 is 9.47 Å². The molecule has 7 nitrogen and oxygen atoms in total. The lowest BCUT2D eigenvalue weighted by atomic mass is 9.81. The minimum absolute atomic E-state index is 0.0181. The molecule has 0 spiro atoms. The summed E-state index contributed by atoms with van der Waals surface area (Å²) in [5.41, 5.74) is 3.91. The Bertz CT molecular complexity index is 1170. The van der Waals surface area contributed by atoms with Gasteiger partial charge >= 0.3 is 0 Å². The number of amides is 1. The Morgan fingerprint density at radius 3 is 2.30 bits per heavy atom. The number of hydrogen-bond acceptors (Lipinski definition) is 6. The van der Waals surface area contributed by atoms with Crippen molar-refractivity contribution in [2.24, 2.45) is 0 Å². The fourth-order valence-corrected chi connectivity index (χ4v) is 4.01. The summed E-state index contributed by atoms with van der Waals surface area (Å²) in [6.07, 6.45) is 2.54. The molecule has 33 heavy (non-hydrogen) atoms. The van der Waals surface area contributed by atoms with Gasteiger partial charge in [0.25, 0.3) is 5.91 Å². The van der Waals surface area contributed by atoms with E-state index in [2.05, 4.69) is 53.4 Å². The Morgan fingerprint density at radius 1 is 1.03 bits per heavy atom. The second-order valence-electron chi connectivity index (χ2n) is 8.46. The van der Waals surface area contributed by atoms with E-state index in [1.165, 1.54) is 26.0 Å². The number of Topliss-reactive ketones (excluding diaryl/α,β-unsaturated/α-hetero) is 1. The highest BCUT2D eigenvalue weighted by Gasteiger charge is 2.28. The van der Waals surface area contributed by atoms with Crippen molar-refractivity contribution in [3.8, 4) is 11.5 Å². The van der Waals surface area contributed by atoms with Crippen LogP contribution in [0.1, 0.15) is 69.6 Å². The average Bonchev–Trinajstić information content (AvgIpc) is 2.83. The fourth-order valence-electron chi connectivity index (χ4n) is 4.01. The molecule has 0 bridgehead atoms. The quantitative estimate of drug-likeness (QED) is 0.587. The Morgan fingerprint density at radius 2 is 1.70 bits per heavy atom. The highest BCUT2D eigenvalue weighted by atomic mass is 16.5. The molecule has 4 rings (SSSR count). The molecule has 1 atom stereocenters. The highest BCUT2D eigenvalue weighted by Crippen LogP contribution is 2.33. The third-order valence-electron chi connectivity index (χ3n) is 5.95. The first-order chi connectivity index (χ1) is 15.9. The largest absolute Gasteiger partial charge is 0.497 e. The molecule has 0 aliphatic heterocycles. The van der Waals surface area contributed by atoms with Crippen LogP contribution < -0.4 is 14.8 Å². The van der Waals surface area contributed by atoms with Gasteiger partial charge in [-0.1, -0.05) is 38.1 Å². The summed E-state index contributed by atoms with van der Waals surface area (Å²) in [6, 6.07) is 13.3. The van der Waals surface area contributed by atoms with E-state index in [9.17, 15) is 9.59 Å². The van der Waals surface area contributed by atoms with Gasteiger partial charge in [-0.05, 0) is 41.5 Å². The van der Waals surface area contributed by atoms with E-state index in [-0.39, 0.29) is 17.6 Å². The van der Waals surface area contributed by atoms with Crippen LogP contribution in [0.4, 0.5) is 5.95 Å². The molecule has 1 aromatic heterocycles. The molecule has 0 radical (unpaired) electrons. The minimum Gasteiger partial charge on any atom is -0.497 e. The lowest BCUT2D eigenvalue weighted by molar-refractivity contribution is 0.0962. The van der Waals surface area contributed by atoms with Gasteiger partial charge in [-0.15, -0.1) is 0 Å². The van der Waals surface area contributed by atoms with E-state index in [4.69, 9.17) is 9.47 Å². The van der Waals surface area contributed by atoms with Gasteiger partial charge in [0.1, 0.15) is 11.5 Å². The maximum atomic E-state index is 12.8. The van der Waals surface area contributed by atoms with Crippen LogP contribution in [0.3, 0.4) is 0 Å². The maximum absolute atomic E-state index is 12.8. The van der Waals surface area contributed by atoms with Crippen molar-refractivity contribution < 1.29 is 19.1 Å². The van der Waals surface area contributed by atoms with E-state index < -0.39 is 5.91 Å². The summed E-state index contributed by atoms with van der Waals surface area (Å²) in [6.45, 7) is 4.31. The van der Waals surface area contributed by atoms with Crippen LogP contribution in [-0.2, 0) is 6.42 Å². The number of nitrogens with zero attached hydrogens (tertiary/aromatic N) is 2. The first-order valence-corrected chi connectivity index (χ1v) is 10.9. The molecule has 0 saturated heterocycles. The zero-order chi connectivity index (χ0) is 23.5. The van der Waals surface area contributed by atoms with E-state index >= 15 is 0 Å². The summed E-state index contributed by atoms with van der Waals surface area (Å²) < 4.78 is 10.5. The number of anilines is 1. The van der Waals surface area contributed by atoms with Gasteiger partial charge in [0.05, 0.1) is 25.5 Å². The molecule has 0 fully saturated rings. The van der Waals surface area contributed by atoms with Gasteiger partial charge in [0, 0.05) is 24.2 Å². The standard InChI is InChI=1S/C26H27N3O4/c1-15(2)16-5-7-17(8-6-16)18-11-23-22(24(30)12-18)14-27-26(28-23)29-25(31)19-9-20(32-3)13-21(10-19)33-4/h5-10,13-15,18H,11-12H2,1-4H3,(H,27,28,29,31). The van der Waals surface area contributed by atoms with Crippen LogP contribution >= 0.6 is 0 Å². The average molecular weight is 446 g/mol. The van der Waals surface area contributed by atoms with Crippen molar-refractivity contribution in [3.63, 3.8) is 0 Å². The van der Waals surface area contributed by atoms with Crippen LogP contribution in [0, 0.1) is 0 Å². The van der Waals surface area contributed by atoms with Gasteiger partial charge in [-0.2, -0.15) is 0 Å². The summed E-state index contributed by atoms with van der Waals surface area (Å²) in [5, 5.41) is 2.72. The highest BCUT2D eigenvalue weighted by molar-refractivity contribution is 6.04. The first-order valence-electron chi connectivity index (χ1n) is 10.9. The summed E-state index contributed by atoms with van der Waals surface area (Å²) in [7, 11) is 3.04. The van der Waals surface area contributed by atoms with Crippen LogP contribution in [-0.4, -0.2) is 35.9 Å². The number of methoxy groups -OCH3 is 2. The zero-order valence-electron chi connectivity index (χ0n) is 19.2. The topological polar surface area (TPSA) is 90.4 Å². The van der Waals surface area contributed by atoms with Crippen molar-refractivity contribution in [3.05, 3.63) is 76.6 Å². The van der Waals surface area contributed by atoms with Crippen molar-refractivity contribution in [2.45, 2.75) is 38.5 Å². The van der Waals surface area contributed by atoms with E-state index in [0.717, 1.165) is 5.56 Å². The monoisotopic (exact) mass is 445 g/mol. The predicted octanol–water partition coefficient (Wildman–Crippen LogP) is 4.78. The van der Waals surface area contributed by atoms with Gasteiger partial charge in [0.2, 0.25) is 5.95 Å². The number of ether oxygens (including phenoxy) is 2. The molecule has 170 valence electrons. The first kappa shape index (κ1) is 22.5. The maximum Gasteiger partial charge on any atom is 0.258 e. The molecule has 1 N–H and O–H groups in total. The van der Waals surface area contributed by atoms with E-state index in [1.54, 1.807) is 18.2 Å². The molecule has 1 aliphatic carbocycles. The SMILES string of the molecule is COc1cc(OC)cc(C(=O)Nc2ncc3c(n2)CC(c2ccc(C(C)C)cc2)CC3=O)c1. The van der Waals surface area contributed by atoms with Crippen LogP contribution in [0.2, 0.25) is 0 Å². The number of ketones is 1. The number of rotatable bonds is 6. The molecule has 7 heteroatoms. The van der Waals surface area contributed by atoms with E-state index in [1.807, 2.05) is 0 Å². The fraction of sp³-hybridized carbons (Fsp3) is 0.308. The Kier molecular flexibility index (Phi) is 6.40. The third kappa shape index (κ3) is 4.87. The normalized spacial score (nSPS) is 15.2. The number of hydrogen-bond donors (Lipinski definition) is 1. The van der Waals surface area contributed by atoms with Crippen molar-refractivity contribution >= 4 is 17.6 Å². The predicted molar refractivity (Wildman–Crippen MR) is 125 cm³/mol. The third-order valence-corrected chi connectivity index (χ3v) is 5.95. The molecular weight excluding hydrogens is 418 g/mol. The molecule has 1 aliphatic rings. The van der Waals surface area contributed by atoms with Gasteiger partial charge in [-0.3, -0.25) is 14.9 Å². The van der Waals surface area contributed by atoms with Crippen LogP contribution in [0.25, 0.3) is 0 Å². The van der Waals surface area contributed by atoms with Gasteiger partial charge in [-0.25, -0.2) is 9.97 Å². The number of carbonyl (C=O) groups excluding carboxylic acids is 2. The molecule has 1 amide bonds. The van der Waals surface area contributed by atoms with Gasteiger partial charge in [0.15, 0.2) is 5.78 Å². The Balaban J connectivity index is 1.55. The number of carbonyl (C=O) groups is 2. The molecule has 1 heterocycles. The van der Waals surface area contributed by atoms with Crippen molar-refractivity contribution in [1.82, 2.24) is 9.97 Å². The van der Waals surface area contributed by atoms with Crippen molar-refractivity contribution in [2.75, 3.05) is 19.5 Å². The number of fused-ring (bicyclic) bond motifs is 1. The zero-order valence-corrected chi connectivity index (χ0v) is 19.2. The van der Waals surface area contributed by atoms with Crippen LogP contribution in [0.5, 0.6) is 11.5 Å². The van der Waals surface area contributed by atoms with E-state index in [0.29, 0.717) is 47.1 Å². The molecule has 0 saturated carbocycles. The molecule has 1 unspecified atom stereocenters. The second kappa shape index (κ2) is 9.40. The molecular formula is C26H27N3O4. The Hall–Kier alpha value is -3.74. The smallest absolute Gasteiger partial charge is 0.258 e.